The van der Waals surface area contributed by atoms with Crippen molar-refractivity contribution in [2.24, 2.45) is 0 Å². The van der Waals surface area contributed by atoms with Crippen molar-refractivity contribution in [1.82, 2.24) is 24.4 Å². The van der Waals surface area contributed by atoms with Crippen LogP contribution in [0.25, 0.3) is 22.0 Å². The minimum Gasteiger partial charge on any atom is -0.302 e. The second-order valence-corrected chi connectivity index (χ2v) is 8.05. The van der Waals surface area contributed by atoms with Gasteiger partial charge in [-0.3, -0.25) is 0 Å². The predicted molar refractivity (Wildman–Crippen MR) is 111 cm³/mol. The van der Waals surface area contributed by atoms with Crippen LogP contribution in [0.5, 0.6) is 0 Å². The first-order valence-electron chi connectivity index (χ1n) is 9.07. The topological polar surface area (TPSA) is 56.5 Å². The van der Waals surface area contributed by atoms with E-state index < -0.39 is 11.7 Å². The monoisotopic (exact) mass is 447 g/mol. The van der Waals surface area contributed by atoms with Crippen LogP contribution in [0, 0.1) is 0 Å². The molecule has 0 aliphatic carbocycles. The van der Waals surface area contributed by atoms with E-state index in [0.29, 0.717) is 23.3 Å². The Morgan fingerprint density at radius 2 is 1.70 bits per heavy atom. The number of thioether (sulfide) groups is 1. The molecule has 0 atom stereocenters. The molecule has 5 nitrogen and oxygen atoms in total. The van der Waals surface area contributed by atoms with E-state index >= 15 is 0 Å². The van der Waals surface area contributed by atoms with E-state index in [1.807, 2.05) is 41.8 Å². The zero-order valence-electron chi connectivity index (χ0n) is 15.8. The smallest absolute Gasteiger partial charge is 0.302 e. The highest BCUT2D eigenvalue weighted by Gasteiger charge is 2.30. The number of halogens is 3. The molecule has 0 fully saturated rings. The third-order valence-corrected chi connectivity index (χ3v) is 6.18. The minimum atomic E-state index is -4.33. The Morgan fingerprint density at radius 1 is 0.967 bits per heavy atom. The SMILES string of the molecule is CCn1c(SCc2ccc(C(F)(F)F)cc2)nnc1-c1snnc1-c1ccccc1. The van der Waals surface area contributed by atoms with Gasteiger partial charge in [-0.2, -0.15) is 13.2 Å². The number of hydrogen-bond donors (Lipinski definition) is 0. The molecular formula is C20H16F3N5S2. The Hall–Kier alpha value is -2.72. The van der Waals surface area contributed by atoms with Crippen molar-refractivity contribution >= 4 is 23.3 Å². The lowest BCUT2D eigenvalue weighted by molar-refractivity contribution is -0.137. The van der Waals surface area contributed by atoms with Gasteiger partial charge in [-0.1, -0.05) is 58.7 Å². The van der Waals surface area contributed by atoms with Crippen LogP contribution in [0.4, 0.5) is 13.2 Å². The molecule has 0 saturated heterocycles. The van der Waals surface area contributed by atoms with Crippen molar-refractivity contribution in [3.8, 4) is 22.0 Å². The summed E-state index contributed by atoms with van der Waals surface area (Å²) in [5.74, 6) is 1.17. The Labute approximate surface area is 179 Å². The van der Waals surface area contributed by atoms with E-state index in [4.69, 9.17) is 0 Å². The van der Waals surface area contributed by atoms with Crippen LogP contribution in [0.15, 0.2) is 59.8 Å². The lowest BCUT2D eigenvalue weighted by Crippen LogP contribution is -2.04. The van der Waals surface area contributed by atoms with E-state index in [-0.39, 0.29) is 0 Å². The van der Waals surface area contributed by atoms with Crippen LogP contribution >= 0.6 is 23.3 Å². The van der Waals surface area contributed by atoms with Gasteiger partial charge in [0.2, 0.25) is 0 Å². The lowest BCUT2D eigenvalue weighted by atomic mass is 10.1. The summed E-state index contributed by atoms with van der Waals surface area (Å²) in [6.45, 7) is 2.63. The van der Waals surface area contributed by atoms with Gasteiger partial charge >= 0.3 is 6.18 Å². The van der Waals surface area contributed by atoms with Gasteiger partial charge in [-0.25, -0.2) is 0 Å². The molecule has 0 unspecified atom stereocenters. The highest BCUT2D eigenvalue weighted by atomic mass is 32.2. The van der Waals surface area contributed by atoms with Crippen molar-refractivity contribution in [3.05, 3.63) is 65.7 Å². The Kier molecular flexibility index (Phi) is 5.87. The van der Waals surface area contributed by atoms with E-state index in [0.717, 1.165) is 33.8 Å². The Balaban J connectivity index is 1.56. The number of nitrogens with zero attached hydrogens (tertiary/aromatic N) is 5. The molecule has 0 radical (unpaired) electrons. The maximum Gasteiger partial charge on any atom is 0.416 e. The standard InChI is InChI=1S/C20H16F3N5S2/c1-2-28-18(17-16(24-27-30-17)14-6-4-3-5-7-14)25-26-19(28)29-12-13-8-10-15(11-9-13)20(21,22)23/h3-11H,2,12H2,1H3. The zero-order chi connectivity index (χ0) is 21.1. The van der Waals surface area contributed by atoms with E-state index in [9.17, 15) is 13.2 Å². The molecule has 0 aliphatic rings. The van der Waals surface area contributed by atoms with Crippen molar-refractivity contribution in [2.75, 3.05) is 0 Å². The van der Waals surface area contributed by atoms with Crippen LogP contribution < -0.4 is 0 Å². The van der Waals surface area contributed by atoms with E-state index in [2.05, 4.69) is 19.8 Å². The summed E-state index contributed by atoms with van der Waals surface area (Å²) in [5, 5.41) is 13.6. The van der Waals surface area contributed by atoms with Crippen LogP contribution in [-0.2, 0) is 18.5 Å². The number of benzene rings is 2. The van der Waals surface area contributed by atoms with Crippen LogP contribution in [0.2, 0.25) is 0 Å². The number of hydrogen-bond acceptors (Lipinski definition) is 6. The minimum absolute atomic E-state index is 0.489. The first-order valence-corrected chi connectivity index (χ1v) is 10.8. The van der Waals surface area contributed by atoms with Crippen molar-refractivity contribution in [3.63, 3.8) is 0 Å². The van der Waals surface area contributed by atoms with Gasteiger partial charge in [-0.05, 0) is 36.2 Å². The highest BCUT2D eigenvalue weighted by Crippen LogP contribution is 2.35. The average Bonchev–Trinajstić information content (AvgIpc) is 3.39. The fraction of sp³-hybridized carbons (Fsp3) is 0.200. The zero-order valence-corrected chi connectivity index (χ0v) is 17.4. The van der Waals surface area contributed by atoms with Gasteiger partial charge in [0.15, 0.2) is 11.0 Å². The Morgan fingerprint density at radius 3 is 2.37 bits per heavy atom. The molecule has 10 heteroatoms. The fourth-order valence-corrected chi connectivity index (χ4v) is 4.55. The number of rotatable bonds is 6. The largest absolute Gasteiger partial charge is 0.416 e. The summed E-state index contributed by atoms with van der Waals surface area (Å²) in [6.07, 6.45) is -4.33. The molecule has 2 aromatic heterocycles. The summed E-state index contributed by atoms with van der Waals surface area (Å²) in [7, 11) is 0. The lowest BCUT2D eigenvalue weighted by Gasteiger charge is -2.08. The van der Waals surface area contributed by atoms with Crippen molar-refractivity contribution in [1.29, 1.82) is 0 Å². The summed E-state index contributed by atoms with van der Waals surface area (Å²) >= 11 is 2.69. The quantitative estimate of drug-likeness (QED) is 0.350. The summed E-state index contributed by atoms with van der Waals surface area (Å²) in [5.41, 5.74) is 1.83. The Bertz CT molecular complexity index is 1120. The molecule has 4 rings (SSSR count). The molecule has 154 valence electrons. The van der Waals surface area contributed by atoms with Gasteiger partial charge < -0.3 is 4.57 Å². The normalized spacial score (nSPS) is 11.7. The second-order valence-electron chi connectivity index (χ2n) is 6.35. The summed E-state index contributed by atoms with van der Waals surface area (Å²) < 4.78 is 44.2. The molecular weight excluding hydrogens is 431 g/mol. The van der Waals surface area contributed by atoms with Crippen LogP contribution in [0.1, 0.15) is 18.1 Å². The van der Waals surface area contributed by atoms with Gasteiger partial charge in [0.25, 0.3) is 0 Å². The third-order valence-electron chi connectivity index (χ3n) is 4.42. The van der Waals surface area contributed by atoms with Crippen LogP contribution in [-0.4, -0.2) is 24.4 Å². The molecule has 2 heterocycles. The molecule has 0 N–H and O–H groups in total. The maximum atomic E-state index is 12.7. The average molecular weight is 448 g/mol. The summed E-state index contributed by atoms with van der Waals surface area (Å²) in [6, 6.07) is 14.9. The van der Waals surface area contributed by atoms with E-state index in [1.54, 1.807) is 0 Å². The second kappa shape index (κ2) is 8.57. The first-order chi connectivity index (χ1) is 14.5. The third kappa shape index (κ3) is 4.24. The van der Waals surface area contributed by atoms with Gasteiger partial charge in [0.05, 0.1) is 5.56 Å². The van der Waals surface area contributed by atoms with Gasteiger partial charge in [0, 0.05) is 17.9 Å². The van der Waals surface area contributed by atoms with Crippen molar-refractivity contribution < 1.29 is 13.2 Å². The highest BCUT2D eigenvalue weighted by molar-refractivity contribution is 7.98. The molecule has 30 heavy (non-hydrogen) atoms. The fourth-order valence-electron chi connectivity index (χ4n) is 2.91. The molecule has 0 bridgehead atoms. The molecule has 0 aliphatic heterocycles. The number of alkyl halides is 3. The van der Waals surface area contributed by atoms with Crippen molar-refractivity contribution in [2.45, 2.75) is 30.6 Å². The molecule has 0 amide bonds. The van der Waals surface area contributed by atoms with Gasteiger partial charge in [0.1, 0.15) is 10.6 Å². The molecule has 2 aromatic carbocycles. The predicted octanol–water partition coefficient (Wildman–Crippen LogP) is 5.79. The summed E-state index contributed by atoms with van der Waals surface area (Å²) in [4.78, 5) is 0.830. The number of aromatic nitrogens is 5. The molecule has 4 aromatic rings. The van der Waals surface area contributed by atoms with Gasteiger partial charge in [-0.15, -0.1) is 15.3 Å². The van der Waals surface area contributed by atoms with E-state index in [1.165, 1.54) is 35.4 Å². The van der Waals surface area contributed by atoms with Crippen LogP contribution in [0.3, 0.4) is 0 Å². The maximum absolute atomic E-state index is 12.7. The molecule has 0 saturated carbocycles. The molecule has 0 spiro atoms. The first kappa shape index (κ1) is 20.5.